The monoisotopic (exact) mass is 484 g/mol. The van der Waals surface area contributed by atoms with Crippen molar-refractivity contribution in [3.05, 3.63) is 23.7 Å². The number of carbonyl (C=O) groups excluding carboxylic acids is 1. The fraction of sp³-hybridized carbons (Fsp3) is 0.704. The Hall–Kier alpha value is -1.70. The van der Waals surface area contributed by atoms with Crippen LogP contribution in [0, 0.1) is 11.8 Å². The zero-order valence-electron chi connectivity index (χ0n) is 20.6. The molecular weight excluding hydrogens is 444 g/mol. The van der Waals surface area contributed by atoms with E-state index in [0.717, 1.165) is 70.0 Å². The number of ether oxygens (including phenoxy) is 1. The minimum Gasteiger partial charge on any atom is -0.381 e. The quantitative estimate of drug-likeness (QED) is 0.589. The van der Waals surface area contributed by atoms with Gasteiger partial charge in [0.05, 0.1) is 6.10 Å². The molecule has 186 valence electrons. The first-order chi connectivity index (χ1) is 16.7. The first-order valence-corrected chi connectivity index (χ1v) is 14.2. The van der Waals surface area contributed by atoms with E-state index in [0.29, 0.717) is 24.5 Å². The van der Waals surface area contributed by atoms with Crippen molar-refractivity contribution in [1.82, 2.24) is 15.2 Å². The number of aromatic nitrogens is 1. The lowest BCUT2D eigenvalue weighted by Crippen LogP contribution is -2.47. The van der Waals surface area contributed by atoms with Crippen molar-refractivity contribution in [2.75, 3.05) is 44.7 Å². The van der Waals surface area contributed by atoms with Crippen LogP contribution in [0.3, 0.4) is 0 Å². The number of thiophene rings is 1. The van der Waals surface area contributed by atoms with E-state index < -0.39 is 0 Å². The Morgan fingerprint density at radius 3 is 2.65 bits per heavy atom. The normalized spacial score (nSPS) is 28.4. The maximum Gasteiger partial charge on any atom is 0.220 e. The lowest BCUT2D eigenvalue weighted by atomic mass is 9.84. The van der Waals surface area contributed by atoms with Crippen molar-refractivity contribution in [2.45, 2.75) is 69.9 Å². The molecule has 7 heteroatoms. The van der Waals surface area contributed by atoms with Crippen LogP contribution in [0.1, 0.15) is 57.8 Å². The molecule has 6 nitrogen and oxygen atoms in total. The van der Waals surface area contributed by atoms with Gasteiger partial charge in [-0.05, 0) is 87.3 Å². The van der Waals surface area contributed by atoms with Crippen LogP contribution in [0.5, 0.6) is 0 Å². The molecule has 2 aliphatic carbocycles. The van der Waals surface area contributed by atoms with Gasteiger partial charge in [-0.3, -0.25) is 9.69 Å². The minimum absolute atomic E-state index is 0.260. The van der Waals surface area contributed by atoms with Gasteiger partial charge in [-0.2, -0.15) is 0 Å². The van der Waals surface area contributed by atoms with Crippen molar-refractivity contribution in [3.63, 3.8) is 0 Å². The Morgan fingerprint density at radius 1 is 1.09 bits per heavy atom. The number of rotatable bonds is 8. The molecule has 1 saturated heterocycles. The maximum atomic E-state index is 12.5. The number of anilines is 1. The molecule has 0 unspecified atom stereocenters. The van der Waals surface area contributed by atoms with E-state index >= 15 is 0 Å². The van der Waals surface area contributed by atoms with E-state index in [1.165, 1.54) is 35.9 Å². The smallest absolute Gasteiger partial charge is 0.220 e. The number of piperazine rings is 1. The summed E-state index contributed by atoms with van der Waals surface area (Å²) in [4.78, 5) is 22.3. The highest BCUT2D eigenvalue weighted by Gasteiger charge is 2.28. The number of hydrogen-bond acceptors (Lipinski definition) is 6. The van der Waals surface area contributed by atoms with Gasteiger partial charge in [-0.1, -0.05) is 0 Å². The number of carbonyl (C=O) groups is 1. The first-order valence-electron chi connectivity index (χ1n) is 13.3. The van der Waals surface area contributed by atoms with Gasteiger partial charge in [0.2, 0.25) is 5.91 Å². The maximum absolute atomic E-state index is 12.5. The van der Waals surface area contributed by atoms with Gasteiger partial charge in [0.25, 0.3) is 0 Å². The first kappa shape index (κ1) is 24.0. The largest absolute Gasteiger partial charge is 0.381 e. The highest BCUT2D eigenvalue weighted by atomic mass is 32.1. The van der Waals surface area contributed by atoms with Gasteiger partial charge in [-0.15, -0.1) is 11.3 Å². The summed E-state index contributed by atoms with van der Waals surface area (Å²) in [5.74, 6) is 2.74. The van der Waals surface area contributed by atoms with Crippen molar-refractivity contribution >= 4 is 33.1 Å². The standard InChI is InChI=1S/C27H40N4O2S/c1-33-23-7-4-21(18-23)19-26(32)29-22-5-2-20(3-6-22)9-12-30-13-15-31(16-14-30)27-24-10-17-34-25(24)8-11-28-27/h8,10-11,17,20-23H,2-7,9,12-16,18-19H2,1H3,(H,29,32)/t20?,21-,22?,23-/m1/s1. The molecule has 1 aliphatic heterocycles. The molecule has 0 bridgehead atoms. The molecule has 1 amide bonds. The van der Waals surface area contributed by atoms with Gasteiger partial charge >= 0.3 is 0 Å². The Balaban J connectivity index is 0.981. The molecule has 34 heavy (non-hydrogen) atoms. The predicted molar refractivity (Wildman–Crippen MR) is 140 cm³/mol. The lowest BCUT2D eigenvalue weighted by Gasteiger charge is -2.37. The molecule has 3 aliphatic rings. The topological polar surface area (TPSA) is 57.7 Å². The molecule has 2 saturated carbocycles. The second-order valence-corrected chi connectivity index (χ2v) is 11.6. The SMILES string of the molecule is CO[C@@H]1CC[C@@H](CC(=O)NC2CCC(CCN3CCN(c4nccc5sccc45)CC3)CC2)C1. The number of hydrogen-bond donors (Lipinski definition) is 1. The summed E-state index contributed by atoms with van der Waals surface area (Å²) < 4.78 is 6.78. The van der Waals surface area contributed by atoms with Gasteiger partial charge in [0.15, 0.2) is 0 Å². The minimum atomic E-state index is 0.260. The molecule has 5 rings (SSSR count). The highest BCUT2D eigenvalue weighted by molar-refractivity contribution is 7.17. The van der Waals surface area contributed by atoms with E-state index in [2.05, 4.69) is 37.6 Å². The van der Waals surface area contributed by atoms with E-state index in [1.54, 1.807) is 18.4 Å². The molecule has 2 aromatic heterocycles. The second-order valence-electron chi connectivity index (χ2n) is 10.6. The van der Waals surface area contributed by atoms with Gasteiger partial charge < -0.3 is 15.0 Å². The van der Waals surface area contributed by atoms with Gasteiger partial charge in [0, 0.05) is 62.0 Å². The van der Waals surface area contributed by atoms with E-state index in [-0.39, 0.29) is 5.91 Å². The summed E-state index contributed by atoms with van der Waals surface area (Å²) in [6.45, 7) is 5.57. The summed E-state index contributed by atoms with van der Waals surface area (Å²) in [6.07, 6.45) is 12.4. The van der Waals surface area contributed by atoms with Crippen LogP contribution in [0.4, 0.5) is 5.82 Å². The third kappa shape index (κ3) is 5.92. The van der Waals surface area contributed by atoms with Gasteiger partial charge in [0.1, 0.15) is 5.82 Å². The molecule has 3 fully saturated rings. The van der Waals surface area contributed by atoms with Crippen LogP contribution >= 0.6 is 11.3 Å². The Bertz CT molecular complexity index is 934. The van der Waals surface area contributed by atoms with E-state index in [9.17, 15) is 4.79 Å². The Kier molecular flexibility index (Phi) is 8.02. The summed E-state index contributed by atoms with van der Waals surface area (Å²) in [7, 11) is 1.79. The predicted octanol–water partition coefficient (Wildman–Crippen LogP) is 4.69. The van der Waals surface area contributed by atoms with Crippen LogP contribution in [0.2, 0.25) is 0 Å². The number of pyridine rings is 1. The number of nitrogens with zero attached hydrogens (tertiary/aromatic N) is 3. The van der Waals surface area contributed by atoms with Crippen molar-refractivity contribution in [2.24, 2.45) is 11.8 Å². The molecule has 0 spiro atoms. The summed E-state index contributed by atoms with van der Waals surface area (Å²) in [6, 6.07) is 4.71. The van der Waals surface area contributed by atoms with Crippen LogP contribution in [0.25, 0.3) is 10.1 Å². The second kappa shape index (κ2) is 11.4. The fourth-order valence-electron chi connectivity index (χ4n) is 6.25. The van der Waals surface area contributed by atoms with Crippen LogP contribution < -0.4 is 10.2 Å². The summed E-state index contributed by atoms with van der Waals surface area (Å²) in [5.41, 5.74) is 0. The summed E-state index contributed by atoms with van der Waals surface area (Å²) >= 11 is 1.80. The van der Waals surface area contributed by atoms with Crippen LogP contribution in [-0.4, -0.2) is 67.8 Å². The van der Waals surface area contributed by atoms with E-state index in [4.69, 9.17) is 4.74 Å². The van der Waals surface area contributed by atoms with E-state index in [1.807, 2.05) is 6.20 Å². The molecule has 0 radical (unpaired) electrons. The zero-order valence-corrected chi connectivity index (χ0v) is 21.4. The van der Waals surface area contributed by atoms with Crippen molar-refractivity contribution < 1.29 is 9.53 Å². The molecule has 3 heterocycles. The third-order valence-corrected chi connectivity index (χ3v) is 9.28. The number of methoxy groups -OCH3 is 1. The average Bonchev–Trinajstić information content (AvgIpc) is 3.53. The van der Waals surface area contributed by atoms with Crippen LogP contribution in [0.15, 0.2) is 23.7 Å². The molecular formula is C27H40N4O2S. The molecule has 1 N–H and O–H groups in total. The molecule has 2 atom stereocenters. The molecule has 0 aromatic carbocycles. The average molecular weight is 485 g/mol. The Morgan fingerprint density at radius 2 is 1.88 bits per heavy atom. The fourth-order valence-corrected chi connectivity index (χ4v) is 7.03. The number of nitrogens with one attached hydrogen (secondary N) is 1. The number of amides is 1. The summed E-state index contributed by atoms with van der Waals surface area (Å²) in [5, 5.41) is 6.80. The zero-order chi connectivity index (χ0) is 23.3. The molecule has 2 aromatic rings. The number of fused-ring (bicyclic) bond motifs is 1. The van der Waals surface area contributed by atoms with Crippen LogP contribution in [-0.2, 0) is 9.53 Å². The van der Waals surface area contributed by atoms with Gasteiger partial charge in [-0.25, -0.2) is 4.98 Å². The lowest BCUT2D eigenvalue weighted by molar-refractivity contribution is -0.123. The highest BCUT2D eigenvalue weighted by Crippen LogP contribution is 2.32. The van der Waals surface area contributed by atoms with Crippen molar-refractivity contribution in [1.29, 1.82) is 0 Å². The third-order valence-electron chi connectivity index (χ3n) is 8.40. The Labute approximate surface area is 208 Å². The van der Waals surface area contributed by atoms with Crippen molar-refractivity contribution in [3.8, 4) is 0 Å².